The summed E-state index contributed by atoms with van der Waals surface area (Å²) in [4.78, 5) is -1.70. The minimum atomic E-state index is -5.46. The van der Waals surface area contributed by atoms with E-state index in [0.29, 0.717) is 6.07 Å². The standard InChI is InChI=1S/C29H36N2O18S6.5K/c1-28(2)24(30(10-6-12-51(33,34)35)20-14-18(50-49-48-32)15-22(26(20)28)54(42,43)44)8-5-9-25-29(3,4)27-21(31(25)11-7-13-52(36,37)38)16-19(53(39,40)41)17-23(27)55(45,46)47;;;;;/h5,8-9,14-17H,6-7,10-13H2,1-4H3,(H5-,32,33,34,35,36,37,38,39,40,41,42,43,44,45,46,47);;;;;/q;5*+1/p-4. The van der Waals surface area contributed by atoms with Crippen LogP contribution in [0.5, 0.6) is 0 Å². The third-order valence-corrected chi connectivity index (χ3v) is 13.5. The number of allylic oxidation sites excluding steroid dienone is 4. The van der Waals surface area contributed by atoms with Crippen LogP contribution in [0.3, 0.4) is 0 Å². The molecular weight excluding hydrogens is 1050 g/mol. The summed E-state index contributed by atoms with van der Waals surface area (Å²) in [7, 11) is -25.3. The van der Waals surface area contributed by atoms with Crippen LogP contribution < -0.4 is 267 Å². The molecule has 0 atom stereocenters. The molecule has 0 spiro atoms. The third kappa shape index (κ3) is 17.3. The van der Waals surface area contributed by atoms with Crippen molar-refractivity contribution in [2.24, 2.45) is 0 Å². The van der Waals surface area contributed by atoms with Crippen molar-refractivity contribution in [1.82, 2.24) is 0 Å². The summed E-state index contributed by atoms with van der Waals surface area (Å²) < 4.78 is 184. The number of hydrogen-bond donors (Lipinski definition) is 1. The van der Waals surface area contributed by atoms with Gasteiger partial charge < -0.3 is 28.4 Å². The van der Waals surface area contributed by atoms with Crippen molar-refractivity contribution >= 4 is 79.7 Å². The van der Waals surface area contributed by atoms with E-state index in [4.69, 9.17) is 0 Å². The van der Waals surface area contributed by atoms with Crippen LogP contribution in [0, 0.1) is 0 Å². The van der Waals surface area contributed by atoms with Gasteiger partial charge >= 0.3 is 257 Å². The quantitative estimate of drug-likeness (QED) is 0.0407. The zero-order valence-electron chi connectivity index (χ0n) is 34.0. The second kappa shape index (κ2) is 26.2. The molecule has 2 aromatic rings. The van der Waals surface area contributed by atoms with Gasteiger partial charge in [-0.1, -0.05) is 19.9 Å². The van der Waals surface area contributed by atoms with Gasteiger partial charge in [-0.25, -0.2) is 33.7 Å². The number of benzene rings is 2. The fourth-order valence-corrected chi connectivity index (χ4v) is 10.6. The van der Waals surface area contributed by atoms with Gasteiger partial charge in [-0.2, -0.15) is 17.3 Å². The maximum absolute atomic E-state index is 12.5. The summed E-state index contributed by atoms with van der Waals surface area (Å²) in [6.45, 7) is 5.37. The predicted octanol–water partition coefficient (Wildman–Crippen LogP) is -14.5. The number of nitrogens with zero attached hydrogens (tertiary/aromatic N) is 2. The molecule has 1 N–H and O–H groups in total. The van der Waals surface area contributed by atoms with Crippen molar-refractivity contribution in [2.45, 2.75) is 70.9 Å². The van der Waals surface area contributed by atoms with Crippen LogP contribution in [-0.2, 0) is 70.8 Å². The topological polar surface area (TPSA) is 331 Å². The molecule has 2 aliphatic heterocycles. The zero-order chi connectivity index (χ0) is 41.7. The van der Waals surface area contributed by atoms with E-state index in [0.717, 1.165) is 12.1 Å². The van der Waals surface area contributed by atoms with Gasteiger partial charge in [0.25, 0.3) is 10.1 Å². The number of rotatable bonds is 16. The maximum Gasteiger partial charge on any atom is 1.00 e. The molecule has 2 aliphatic rings. The molecule has 20 nitrogen and oxygen atoms in total. The SMILES string of the molecule is CC1(C)C(/C=C/C=C2/N(CCCS(=O)(=O)[O-])c3cc(S(=O)(=O)[O-])cc(S(=O)(=O)[O-])c3C2(C)C)=[N+](CCCS(=O)(=O)O)c2cc(SOO[O-])cc(S(=O)(=O)[O-])c21.[K+].[K+].[K+].[K+].[K+]. The van der Waals surface area contributed by atoms with E-state index < -0.39 is 87.6 Å². The van der Waals surface area contributed by atoms with Gasteiger partial charge in [0.2, 0.25) is 5.69 Å². The minimum absolute atomic E-state index is 0. The molecule has 2 aromatic carbocycles. The van der Waals surface area contributed by atoms with Crippen LogP contribution >= 0.6 is 12.0 Å². The molecule has 0 unspecified atom stereocenters. The molecule has 4 rings (SSSR count). The van der Waals surface area contributed by atoms with Crippen molar-refractivity contribution in [3.63, 3.8) is 0 Å². The Morgan fingerprint density at radius 1 is 0.750 bits per heavy atom. The number of anilines is 1. The molecule has 0 saturated carbocycles. The van der Waals surface area contributed by atoms with Crippen LogP contribution in [0.4, 0.5) is 11.4 Å². The fourth-order valence-electron chi connectivity index (χ4n) is 6.78. The summed E-state index contributed by atoms with van der Waals surface area (Å²) in [6.07, 6.45) is 3.49. The molecule has 2 heterocycles. The molecule has 0 aromatic heterocycles. The van der Waals surface area contributed by atoms with Gasteiger partial charge in [0.05, 0.1) is 53.6 Å². The first-order valence-corrected chi connectivity index (χ1v) is 23.6. The van der Waals surface area contributed by atoms with E-state index in [-0.39, 0.29) is 334 Å². The van der Waals surface area contributed by atoms with E-state index in [9.17, 15) is 70.1 Å². The second-order valence-corrected chi connectivity index (χ2v) is 21.3. The summed E-state index contributed by atoms with van der Waals surface area (Å²) in [5, 5.41) is 13.8. The molecule has 0 amide bonds. The molecule has 60 heavy (non-hydrogen) atoms. The van der Waals surface area contributed by atoms with Crippen LogP contribution in [0.2, 0.25) is 0 Å². The first-order valence-electron chi connectivity index (χ1n) is 15.5. The van der Waals surface area contributed by atoms with E-state index in [1.54, 1.807) is 0 Å². The molecule has 0 aliphatic carbocycles. The van der Waals surface area contributed by atoms with E-state index >= 15 is 0 Å². The summed E-state index contributed by atoms with van der Waals surface area (Å²) in [5.74, 6) is -1.64. The van der Waals surface area contributed by atoms with Gasteiger partial charge in [0.1, 0.15) is 36.9 Å². The average molecular weight is 1080 g/mol. The Morgan fingerprint density at radius 3 is 1.78 bits per heavy atom. The molecule has 0 bridgehead atoms. The van der Waals surface area contributed by atoms with Crippen molar-refractivity contribution in [3.8, 4) is 0 Å². The molecule has 31 heteroatoms. The first-order chi connectivity index (χ1) is 24.9. The fraction of sp³-hybridized carbons (Fsp3) is 0.414. The number of fused-ring (bicyclic) bond motifs is 2. The van der Waals surface area contributed by atoms with Crippen LogP contribution in [0.15, 0.2) is 67.8 Å². The van der Waals surface area contributed by atoms with Crippen molar-refractivity contribution in [3.05, 3.63) is 59.3 Å². The van der Waals surface area contributed by atoms with Crippen LogP contribution in [0.1, 0.15) is 51.7 Å². The minimum Gasteiger partial charge on any atom is -0.748 e. The van der Waals surface area contributed by atoms with Crippen molar-refractivity contribution in [1.29, 1.82) is 0 Å². The summed E-state index contributed by atoms with van der Waals surface area (Å²) in [5.41, 5.74) is -3.02. The maximum atomic E-state index is 12.5. The number of hydrogen-bond acceptors (Lipinski definition) is 19. The monoisotopic (exact) mass is 1080 g/mol. The molecule has 0 fully saturated rings. The predicted molar refractivity (Wildman–Crippen MR) is 185 cm³/mol. The summed E-state index contributed by atoms with van der Waals surface area (Å²) >= 11 is 0.268. The summed E-state index contributed by atoms with van der Waals surface area (Å²) in [6, 6.07) is 3.51. The van der Waals surface area contributed by atoms with E-state index in [1.165, 1.54) is 61.5 Å². The van der Waals surface area contributed by atoms with Gasteiger partial charge in [0.15, 0.2) is 5.71 Å². The van der Waals surface area contributed by atoms with Gasteiger partial charge in [-0.15, -0.1) is 0 Å². The Morgan fingerprint density at radius 2 is 1.30 bits per heavy atom. The van der Waals surface area contributed by atoms with Gasteiger partial charge in [-0.3, -0.25) is 9.59 Å². The Kier molecular flexibility index (Phi) is 29.4. The molecular formula is C29H32K5N2O18S6+. The Balaban J connectivity index is 0. The van der Waals surface area contributed by atoms with Gasteiger partial charge in [0, 0.05) is 58.1 Å². The van der Waals surface area contributed by atoms with E-state index in [2.05, 4.69) is 9.37 Å². The Bertz CT molecular complexity index is 2580. The smallest absolute Gasteiger partial charge is 0.748 e. The Hall–Kier alpha value is 5.35. The van der Waals surface area contributed by atoms with Crippen molar-refractivity contribution < 1.29 is 341 Å². The van der Waals surface area contributed by atoms with Crippen molar-refractivity contribution in [2.75, 3.05) is 29.5 Å². The third-order valence-electron chi connectivity index (χ3n) is 8.86. The largest absolute Gasteiger partial charge is 1.00 e. The first kappa shape index (κ1) is 67.4. The van der Waals surface area contributed by atoms with Crippen LogP contribution in [0.25, 0.3) is 0 Å². The zero-order valence-corrected chi connectivity index (χ0v) is 54.5. The van der Waals surface area contributed by atoms with Crippen LogP contribution in [-0.4, -0.2) is 99.7 Å². The van der Waals surface area contributed by atoms with Gasteiger partial charge in [-0.05, 0) is 44.5 Å². The van der Waals surface area contributed by atoms with E-state index in [1.807, 2.05) is 0 Å². The molecule has 0 radical (unpaired) electrons. The molecule has 306 valence electrons. The second-order valence-electron chi connectivity index (χ2n) is 13.3. The normalized spacial score (nSPS) is 16.6. The molecule has 0 saturated heterocycles. The average Bonchev–Trinajstić information content (AvgIpc) is 3.35. The Labute approximate surface area is 566 Å².